The summed E-state index contributed by atoms with van der Waals surface area (Å²) in [6, 6.07) is 7.39. The van der Waals surface area contributed by atoms with Crippen LogP contribution in [0.4, 0.5) is 0 Å². The van der Waals surface area contributed by atoms with Crippen LogP contribution in [0.15, 0.2) is 35.0 Å². The Bertz CT molecular complexity index is 790. The molecule has 1 amide bonds. The second-order valence-electron chi connectivity index (χ2n) is 5.32. The summed E-state index contributed by atoms with van der Waals surface area (Å²) in [5.41, 5.74) is 1.09. The van der Waals surface area contributed by atoms with Crippen molar-refractivity contribution in [2.45, 2.75) is 26.2 Å². The first-order chi connectivity index (χ1) is 10.6. The Morgan fingerprint density at radius 3 is 3.00 bits per heavy atom. The van der Waals surface area contributed by atoms with Crippen molar-refractivity contribution in [1.29, 1.82) is 0 Å². The summed E-state index contributed by atoms with van der Waals surface area (Å²) in [6.07, 6.45) is 2.49. The molecule has 0 radical (unpaired) electrons. The highest BCUT2D eigenvalue weighted by Crippen LogP contribution is 2.14. The van der Waals surface area contributed by atoms with E-state index in [2.05, 4.69) is 20.7 Å². The van der Waals surface area contributed by atoms with E-state index in [1.165, 1.54) is 0 Å². The fourth-order valence-electron chi connectivity index (χ4n) is 2.11. The summed E-state index contributed by atoms with van der Waals surface area (Å²) in [6.45, 7) is 4.43. The Balaban J connectivity index is 1.59. The van der Waals surface area contributed by atoms with Crippen LogP contribution in [0.1, 0.15) is 41.8 Å². The third-order valence-electron chi connectivity index (χ3n) is 3.35. The quantitative estimate of drug-likeness (QED) is 0.776. The van der Waals surface area contributed by atoms with Crippen molar-refractivity contribution in [1.82, 2.24) is 25.1 Å². The van der Waals surface area contributed by atoms with Gasteiger partial charge in [-0.1, -0.05) is 25.1 Å². The third kappa shape index (κ3) is 2.83. The zero-order valence-corrected chi connectivity index (χ0v) is 12.5. The summed E-state index contributed by atoms with van der Waals surface area (Å²) in [5, 5.41) is 14.8. The topological polar surface area (TPSA) is 85.3 Å². The largest absolute Gasteiger partial charge is 0.360 e. The van der Waals surface area contributed by atoms with Crippen LogP contribution in [0.3, 0.4) is 0 Å². The Morgan fingerprint density at radius 2 is 2.23 bits per heavy atom. The number of rotatable bonds is 5. The molecule has 3 heterocycles. The summed E-state index contributed by atoms with van der Waals surface area (Å²) in [7, 11) is 0. The minimum Gasteiger partial charge on any atom is -0.360 e. The number of pyridine rings is 1. The molecule has 0 saturated carbocycles. The molecule has 0 aliphatic rings. The minimum atomic E-state index is -0.246. The predicted octanol–water partition coefficient (Wildman–Crippen LogP) is 1.81. The van der Waals surface area contributed by atoms with E-state index >= 15 is 0 Å². The van der Waals surface area contributed by atoms with Crippen molar-refractivity contribution in [3.8, 4) is 0 Å². The van der Waals surface area contributed by atoms with E-state index in [1.54, 1.807) is 6.07 Å². The molecule has 0 saturated heterocycles. The van der Waals surface area contributed by atoms with Crippen LogP contribution in [-0.4, -0.2) is 32.2 Å². The molecule has 0 bridgehead atoms. The predicted molar refractivity (Wildman–Crippen MR) is 79.6 cm³/mol. The number of nitrogens with one attached hydrogen (secondary N) is 1. The number of hydrogen-bond acceptors (Lipinski definition) is 5. The van der Waals surface area contributed by atoms with Crippen molar-refractivity contribution in [2.75, 3.05) is 6.54 Å². The van der Waals surface area contributed by atoms with E-state index in [1.807, 2.05) is 42.6 Å². The number of nitrogens with zero attached hydrogens (tertiary/aromatic N) is 4. The molecule has 0 aliphatic carbocycles. The van der Waals surface area contributed by atoms with E-state index in [0.29, 0.717) is 24.4 Å². The average molecular weight is 299 g/mol. The van der Waals surface area contributed by atoms with Crippen LogP contribution in [0.2, 0.25) is 0 Å². The fourth-order valence-corrected chi connectivity index (χ4v) is 2.11. The molecule has 0 spiro atoms. The van der Waals surface area contributed by atoms with Gasteiger partial charge in [0, 0.05) is 31.1 Å². The molecule has 0 aliphatic heterocycles. The zero-order chi connectivity index (χ0) is 15.5. The van der Waals surface area contributed by atoms with Gasteiger partial charge in [0.05, 0.1) is 0 Å². The van der Waals surface area contributed by atoms with Gasteiger partial charge in [-0.15, -0.1) is 10.2 Å². The first-order valence-corrected chi connectivity index (χ1v) is 7.18. The summed E-state index contributed by atoms with van der Waals surface area (Å²) in [5.74, 6) is 1.47. The lowest BCUT2D eigenvalue weighted by atomic mass is 10.1. The van der Waals surface area contributed by atoms with Crippen LogP contribution in [0.25, 0.3) is 5.65 Å². The highest BCUT2D eigenvalue weighted by molar-refractivity contribution is 5.92. The number of carbonyl (C=O) groups is 1. The number of hydrogen-bond donors (Lipinski definition) is 1. The SMILES string of the molecule is CC(C)c1cc(C(=O)NCCc2nnc3ccccn23)no1. The van der Waals surface area contributed by atoms with Crippen LogP contribution in [0, 0.1) is 0 Å². The molecule has 1 N–H and O–H groups in total. The molecular weight excluding hydrogens is 282 g/mol. The molecule has 0 atom stereocenters. The Morgan fingerprint density at radius 1 is 1.36 bits per heavy atom. The first kappa shape index (κ1) is 14.2. The van der Waals surface area contributed by atoms with E-state index in [4.69, 9.17) is 4.52 Å². The molecule has 0 fully saturated rings. The van der Waals surface area contributed by atoms with E-state index in [9.17, 15) is 4.79 Å². The molecule has 3 aromatic heterocycles. The van der Waals surface area contributed by atoms with Gasteiger partial charge in [0.15, 0.2) is 11.3 Å². The second-order valence-corrected chi connectivity index (χ2v) is 5.32. The number of amides is 1. The molecular formula is C15H17N5O2. The van der Waals surface area contributed by atoms with E-state index in [-0.39, 0.29) is 11.8 Å². The van der Waals surface area contributed by atoms with Gasteiger partial charge >= 0.3 is 0 Å². The van der Waals surface area contributed by atoms with Gasteiger partial charge in [-0.3, -0.25) is 9.20 Å². The van der Waals surface area contributed by atoms with Crippen molar-refractivity contribution in [3.63, 3.8) is 0 Å². The lowest BCUT2D eigenvalue weighted by Crippen LogP contribution is -2.26. The van der Waals surface area contributed by atoms with Crippen molar-refractivity contribution >= 4 is 11.6 Å². The summed E-state index contributed by atoms with van der Waals surface area (Å²) in [4.78, 5) is 12.0. The monoisotopic (exact) mass is 299 g/mol. The smallest absolute Gasteiger partial charge is 0.273 e. The van der Waals surface area contributed by atoms with E-state index < -0.39 is 0 Å². The Labute approximate surface area is 127 Å². The van der Waals surface area contributed by atoms with Gasteiger partial charge in [-0.2, -0.15) is 0 Å². The van der Waals surface area contributed by atoms with Crippen molar-refractivity contribution in [3.05, 3.63) is 47.7 Å². The molecule has 3 aromatic rings. The molecule has 0 unspecified atom stereocenters. The first-order valence-electron chi connectivity index (χ1n) is 7.18. The van der Waals surface area contributed by atoms with Gasteiger partial charge < -0.3 is 9.84 Å². The maximum Gasteiger partial charge on any atom is 0.273 e. The van der Waals surface area contributed by atoms with Crippen LogP contribution < -0.4 is 5.32 Å². The lowest BCUT2D eigenvalue weighted by molar-refractivity contribution is 0.0944. The summed E-state index contributed by atoms with van der Waals surface area (Å²) >= 11 is 0. The Kier molecular flexibility index (Phi) is 3.86. The van der Waals surface area contributed by atoms with Gasteiger partial charge in [-0.05, 0) is 12.1 Å². The van der Waals surface area contributed by atoms with Gasteiger partial charge in [-0.25, -0.2) is 0 Å². The molecule has 7 nitrogen and oxygen atoms in total. The summed E-state index contributed by atoms with van der Waals surface area (Å²) < 4.78 is 7.02. The maximum absolute atomic E-state index is 12.0. The lowest BCUT2D eigenvalue weighted by Gasteiger charge is -2.02. The van der Waals surface area contributed by atoms with Gasteiger partial charge in [0.25, 0.3) is 5.91 Å². The molecule has 0 aromatic carbocycles. The highest BCUT2D eigenvalue weighted by Gasteiger charge is 2.14. The zero-order valence-electron chi connectivity index (χ0n) is 12.5. The van der Waals surface area contributed by atoms with Gasteiger partial charge in [0.2, 0.25) is 0 Å². The standard InChI is InChI=1S/C15H17N5O2/c1-10(2)12-9-11(19-22-12)15(21)16-7-6-14-18-17-13-5-3-4-8-20(13)14/h3-5,8-10H,6-7H2,1-2H3,(H,16,21). The van der Waals surface area contributed by atoms with Crippen LogP contribution in [0.5, 0.6) is 0 Å². The molecule has 7 heteroatoms. The minimum absolute atomic E-state index is 0.205. The average Bonchev–Trinajstić information content (AvgIpc) is 3.14. The number of fused-ring (bicyclic) bond motifs is 1. The molecule has 22 heavy (non-hydrogen) atoms. The molecule has 114 valence electrons. The Hall–Kier alpha value is -2.70. The second kappa shape index (κ2) is 5.97. The van der Waals surface area contributed by atoms with Crippen molar-refractivity contribution < 1.29 is 9.32 Å². The highest BCUT2D eigenvalue weighted by atomic mass is 16.5. The van der Waals surface area contributed by atoms with Crippen LogP contribution in [-0.2, 0) is 6.42 Å². The third-order valence-corrected chi connectivity index (χ3v) is 3.35. The maximum atomic E-state index is 12.0. The number of aromatic nitrogens is 4. The van der Waals surface area contributed by atoms with Crippen LogP contribution >= 0.6 is 0 Å². The van der Waals surface area contributed by atoms with E-state index in [0.717, 1.165) is 11.5 Å². The number of carbonyl (C=O) groups excluding carboxylic acids is 1. The van der Waals surface area contributed by atoms with Crippen molar-refractivity contribution in [2.24, 2.45) is 0 Å². The molecule has 3 rings (SSSR count). The fraction of sp³-hybridized carbons (Fsp3) is 0.333. The van der Waals surface area contributed by atoms with Gasteiger partial charge in [0.1, 0.15) is 11.6 Å². The normalized spacial score (nSPS) is 11.2.